The Kier molecular flexibility index (Phi) is 3.90. The topological polar surface area (TPSA) is 12.0 Å². The van der Waals surface area contributed by atoms with E-state index in [1.807, 2.05) is 0 Å². The molecule has 0 fully saturated rings. The second-order valence-corrected chi connectivity index (χ2v) is 4.40. The average Bonchev–Trinajstić information content (AvgIpc) is 2.39. The predicted molar refractivity (Wildman–Crippen MR) is 68.4 cm³/mol. The highest BCUT2D eigenvalue weighted by molar-refractivity contribution is 5.34. The van der Waals surface area contributed by atoms with Crippen molar-refractivity contribution in [1.29, 1.82) is 0 Å². The molecule has 1 atom stereocenters. The van der Waals surface area contributed by atoms with Crippen LogP contribution in [0.3, 0.4) is 0 Å². The van der Waals surface area contributed by atoms with Gasteiger partial charge in [-0.1, -0.05) is 18.2 Å². The van der Waals surface area contributed by atoms with Crippen molar-refractivity contribution in [3.05, 3.63) is 70.5 Å². The van der Waals surface area contributed by atoms with E-state index in [0.717, 1.165) is 17.7 Å². The molecular weight excluding hydrogens is 251 g/mol. The third-order valence-electron chi connectivity index (χ3n) is 3.08. The van der Waals surface area contributed by atoms with Crippen molar-refractivity contribution in [2.24, 2.45) is 0 Å². The summed E-state index contributed by atoms with van der Waals surface area (Å²) >= 11 is 0. The third-order valence-corrected chi connectivity index (χ3v) is 3.08. The van der Waals surface area contributed by atoms with Crippen LogP contribution in [0.25, 0.3) is 0 Å². The molecule has 0 aliphatic heterocycles. The summed E-state index contributed by atoms with van der Waals surface area (Å²) < 4.78 is 39.5. The summed E-state index contributed by atoms with van der Waals surface area (Å²) in [5, 5.41) is 3.02. The van der Waals surface area contributed by atoms with Gasteiger partial charge in [-0.25, -0.2) is 13.2 Å². The standard InChI is InChI=1S/C15H14F3N/c1-9-7-10(3-5-12(9)16)15(19-2)11-4-6-13(17)14(18)8-11/h3-8,15,19H,1-2H3. The molecule has 0 amide bonds. The van der Waals surface area contributed by atoms with Gasteiger partial charge in [-0.3, -0.25) is 0 Å². The first-order chi connectivity index (χ1) is 9.02. The number of benzene rings is 2. The number of nitrogens with one attached hydrogen (secondary N) is 1. The van der Waals surface area contributed by atoms with Gasteiger partial charge in [0.25, 0.3) is 0 Å². The highest BCUT2D eigenvalue weighted by Crippen LogP contribution is 2.24. The molecule has 1 N–H and O–H groups in total. The molecule has 0 spiro atoms. The lowest BCUT2D eigenvalue weighted by Gasteiger charge is -2.18. The van der Waals surface area contributed by atoms with Gasteiger partial charge in [-0.05, 0) is 48.9 Å². The maximum atomic E-state index is 13.3. The summed E-state index contributed by atoms with van der Waals surface area (Å²) in [6, 6.07) is 8.13. The lowest BCUT2D eigenvalue weighted by Crippen LogP contribution is -2.18. The first kappa shape index (κ1) is 13.6. The van der Waals surface area contributed by atoms with Crippen LogP contribution in [0.2, 0.25) is 0 Å². The SMILES string of the molecule is CNC(c1ccc(F)c(C)c1)c1ccc(F)c(F)c1. The normalized spacial score (nSPS) is 12.5. The van der Waals surface area contributed by atoms with Crippen molar-refractivity contribution < 1.29 is 13.2 Å². The Labute approximate surface area is 110 Å². The van der Waals surface area contributed by atoms with Crippen molar-refractivity contribution in [1.82, 2.24) is 5.32 Å². The molecule has 0 heterocycles. The van der Waals surface area contributed by atoms with Gasteiger partial charge in [0.2, 0.25) is 0 Å². The third kappa shape index (κ3) is 2.79. The maximum absolute atomic E-state index is 13.3. The molecule has 0 aliphatic rings. The minimum absolute atomic E-state index is 0.288. The number of hydrogen-bond acceptors (Lipinski definition) is 1. The van der Waals surface area contributed by atoms with Crippen molar-refractivity contribution in [3.8, 4) is 0 Å². The molecule has 1 unspecified atom stereocenters. The van der Waals surface area contributed by atoms with Crippen LogP contribution in [0.5, 0.6) is 0 Å². The zero-order valence-corrected chi connectivity index (χ0v) is 10.7. The van der Waals surface area contributed by atoms with Crippen molar-refractivity contribution in [2.75, 3.05) is 7.05 Å². The summed E-state index contributed by atoms with van der Waals surface area (Å²) in [6.07, 6.45) is 0. The first-order valence-electron chi connectivity index (χ1n) is 5.91. The van der Waals surface area contributed by atoms with Gasteiger partial charge in [0.1, 0.15) is 5.82 Å². The van der Waals surface area contributed by atoms with Gasteiger partial charge in [-0.15, -0.1) is 0 Å². The Morgan fingerprint density at radius 3 is 1.95 bits per heavy atom. The second-order valence-electron chi connectivity index (χ2n) is 4.40. The molecule has 0 saturated heterocycles. The molecule has 100 valence electrons. The highest BCUT2D eigenvalue weighted by Gasteiger charge is 2.15. The molecule has 0 aromatic heterocycles. The van der Waals surface area contributed by atoms with Crippen LogP contribution in [0, 0.1) is 24.4 Å². The Bertz CT molecular complexity index is 544. The summed E-state index contributed by atoms with van der Waals surface area (Å²) in [7, 11) is 1.71. The lowest BCUT2D eigenvalue weighted by atomic mass is 9.97. The molecule has 4 heteroatoms. The van der Waals surface area contributed by atoms with E-state index in [1.54, 1.807) is 26.1 Å². The van der Waals surface area contributed by atoms with Gasteiger partial charge in [0, 0.05) is 0 Å². The molecule has 2 aromatic carbocycles. The smallest absolute Gasteiger partial charge is 0.159 e. The molecule has 2 rings (SSSR count). The van der Waals surface area contributed by atoms with Crippen molar-refractivity contribution in [3.63, 3.8) is 0 Å². The van der Waals surface area contributed by atoms with E-state index >= 15 is 0 Å². The van der Waals surface area contributed by atoms with Gasteiger partial charge in [0.05, 0.1) is 6.04 Å². The monoisotopic (exact) mass is 265 g/mol. The fourth-order valence-electron chi connectivity index (χ4n) is 2.07. The van der Waals surface area contributed by atoms with Crippen LogP contribution in [-0.4, -0.2) is 7.05 Å². The summed E-state index contributed by atoms with van der Waals surface area (Å²) in [4.78, 5) is 0. The number of hydrogen-bond donors (Lipinski definition) is 1. The quantitative estimate of drug-likeness (QED) is 0.891. The van der Waals surface area contributed by atoms with Crippen molar-refractivity contribution in [2.45, 2.75) is 13.0 Å². The average molecular weight is 265 g/mol. The molecule has 0 bridgehead atoms. The minimum Gasteiger partial charge on any atom is -0.309 e. The van der Waals surface area contributed by atoms with Crippen LogP contribution in [0.4, 0.5) is 13.2 Å². The fourth-order valence-corrected chi connectivity index (χ4v) is 2.07. The molecule has 0 saturated carbocycles. The van der Waals surface area contributed by atoms with E-state index < -0.39 is 11.6 Å². The molecule has 0 aliphatic carbocycles. The predicted octanol–water partition coefficient (Wildman–Crippen LogP) is 3.72. The highest BCUT2D eigenvalue weighted by atomic mass is 19.2. The van der Waals surface area contributed by atoms with E-state index in [1.165, 1.54) is 12.1 Å². The number of halogens is 3. The Morgan fingerprint density at radius 1 is 0.842 bits per heavy atom. The van der Waals surface area contributed by atoms with Crippen LogP contribution in [-0.2, 0) is 0 Å². The Balaban J connectivity index is 2.43. The molecule has 0 radical (unpaired) electrons. The lowest BCUT2D eigenvalue weighted by molar-refractivity contribution is 0.505. The maximum Gasteiger partial charge on any atom is 0.159 e. The molecule has 19 heavy (non-hydrogen) atoms. The molecular formula is C15H14F3N. The largest absolute Gasteiger partial charge is 0.309 e. The minimum atomic E-state index is -0.892. The molecule has 2 aromatic rings. The van der Waals surface area contributed by atoms with Gasteiger partial charge < -0.3 is 5.32 Å². The fraction of sp³-hybridized carbons (Fsp3) is 0.200. The summed E-state index contributed by atoms with van der Waals surface area (Å²) in [5.41, 5.74) is 1.90. The number of rotatable bonds is 3. The Hall–Kier alpha value is -1.81. The second kappa shape index (κ2) is 5.45. The van der Waals surface area contributed by atoms with Gasteiger partial charge in [-0.2, -0.15) is 0 Å². The Morgan fingerprint density at radius 2 is 1.42 bits per heavy atom. The van der Waals surface area contributed by atoms with E-state index in [0.29, 0.717) is 11.1 Å². The number of aryl methyl sites for hydroxylation is 1. The van der Waals surface area contributed by atoms with E-state index in [9.17, 15) is 13.2 Å². The van der Waals surface area contributed by atoms with Crippen molar-refractivity contribution >= 4 is 0 Å². The summed E-state index contributed by atoms with van der Waals surface area (Å²) in [5.74, 6) is -2.06. The zero-order chi connectivity index (χ0) is 14.0. The molecule has 1 nitrogen and oxygen atoms in total. The first-order valence-corrected chi connectivity index (χ1v) is 5.91. The summed E-state index contributed by atoms with van der Waals surface area (Å²) in [6.45, 7) is 1.66. The zero-order valence-electron chi connectivity index (χ0n) is 10.7. The van der Waals surface area contributed by atoms with Gasteiger partial charge in [0.15, 0.2) is 11.6 Å². The van der Waals surface area contributed by atoms with Crippen LogP contribution in [0.1, 0.15) is 22.7 Å². The van der Waals surface area contributed by atoms with E-state index in [4.69, 9.17) is 0 Å². The van der Waals surface area contributed by atoms with Crippen LogP contribution >= 0.6 is 0 Å². The van der Waals surface area contributed by atoms with E-state index in [-0.39, 0.29) is 11.9 Å². The van der Waals surface area contributed by atoms with Crippen LogP contribution < -0.4 is 5.32 Å². The van der Waals surface area contributed by atoms with Crippen LogP contribution in [0.15, 0.2) is 36.4 Å². The van der Waals surface area contributed by atoms with E-state index in [2.05, 4.69) is 5.32 Å². The van der Waals surface area contributed by atoms with Gasteiger partial charge >= 0.3 is 0 Å².